The van der Waals surface area contributed by atoms with Gasteiger partial charge >= 0.3 is 0 Å². The summed E-state index contributed by atoms with van der Waals surface area (Å²) in [5.74, 6) is 0.885. The summed E-state index contributed by atoms with van der Waals surface area (Å²) in [6, 6.07) is 8.01. The molecule has 1 fully saturated rings. The van der Waals surface area contributed by atoms with Gasteiger partial charge in [-0.15, -0.1) is 0 Å². The summed E-state index contributed by atoms with van der Waals surface area (Å²) >= 11 is 5.91. The standard InChI is InChI=1S/C20H34ClN5/c1-3-25-14-16-26(17-15-25)13-5-4-11-23-20(22-2)24-12-10-18-6-8-19(21)9-7-18/h6-9H,3-5,10-17H2,1-2H3,(H2,22,23,24). The molecule has 0 unspecified atom stereocenters. The molecule has 0 aliphatic carbocycles. The van der Waals surface area contributed by atoms with E-state index in [0.717, 1.165) is 30.5 Å². The van der Waals surface area contributed by atoms with E-state index in [9.17, 15) is 0 Å². The highest BCUT2D eigenvalue weighted by Crippen LogP contribution is 2.09. The summed E-state index contributed by atoms with van der Waals surface area (Å²) in [7, 11) is 1.82. The van der Waals surface area contributed by atoms with Crippen molar-refractivity contribution in [2.45, 2.75) is 26.2 Å². The van der Waals surface area contributed by atoms with E-state index in [1.807, 2.05) is 19.2 Å². The number of nitrogens with zero attached hydrogens (tertiary/aromatic N) is 3. The maximum Gasteiger partial charge on any atom is 0.190 e. The molecule has 0 saturated carbocycles. The van der Waals surface area contributed by atoms with Crippen molar-refractivity contribution in [3.8, 4) is 0 Å². The summed E-state index contributed by atoms with van der Waals surface area (Å²) in [5, 5.41) is 7.57. The Morgan fingerprint density at radius 3 is 2.31 bits per heavy atom. The maximum atomic E-state index is 5.91. The number of hydrogen-bond donors (Lipinski definition) is 2. The first-order chi connectivity index (χ1) is 12.7. The van der Waals surface area contributed by atoms with Crippen molar-refractivity contribution in [3.05, 3.63) is 34.9 Å². The van der Waals surface area contributed by atoms with Crippen LogP contribution in [0.1, 0.15) is 25.3 Å². The predicted octanol–water partition coefficient (Wildman–Crippen LogP) is 2.47. The van der Waals surface area contributed by atoms with Gasteiger partial charge in [-0.3, -0.25) is 4.99 Å². The monoisotopic (exact) mass is 379 g/mol. The number of likely N-dealkylation sites (N-methyl/N-ethyl adjacent to an activating group) is 1. The molecule has 0 spiro atoms. The molecule has 5 nitrogen and oxygen atoms in total. The molecule has 1 aromatic carbocycles. The molecule has 0 bridgehead atoms. The molecule has 2 rings (SSSR count). The van der Waals surface area contributed by atoms with Crippen LogP contribution < -0.4 is 10.6 Å². The third-order valence-corrected chi connectivity index (χ3v) is 5.20. The van der Waals surface area contributed by atoms with Gasteiger partial charge in [0.15, 0.2) is 5.96 Å². The fourth-order valence-corrected chi connectivity index (χ4v) is 3.32. The largest absolute Gasteiger partial charge is 0.356 e. The van der Waals surface area contributed by atoms with Gasteiger partial charge in [-0.25, -0.2) is 0 Å². The minimum atomic E-state index is 0.784. The molecule has 26 heavy (non-hydrogen) atoms. The number of halogens is 1. The Morgan fingerprint density at radius 2 is 1.65 bits per heavy atom. The summed E-state index contributed by atoms with van der Waals surface area (Å²) in [5.41, 5.74) is 1.28. The minimum Gasteiger partial charge on any atom is -0.356 e. The number of benzene rings is 1. The van der Waals surface area contributed by atoms with Crippen molar-refractivity contribution in [1.82, 2.24) is 20.4 Å². The quantitative estimate of drug-likeness (QED) is 0.393. The smallest absolute Gasteiger partial charge is 0.190 e. The van der Waals surface area contributed by atoms with Crippen LogP contribution in [0.4, 0.5) is 0 Å². The van der Waals surface area contributed by atoms with E-state index >= 15 is 0 Å². The van der Waals surface area contributed by atoms with Crippen LogP contribution in [0.3, 0.4) is 0 Å². The Kier molecular flexibility index (Phi) is 9.82. The molecule has 2 N–H and O–H groups in total. The van der Waals surface area contributed by atoms with Crippen molar-refractivity contribution in [3.63, 3.8) is 0 Å². The predicted molar refractivity (Wildman–Crippen MR) is 112 cm³/mol. The number of piperazine rings is 1. The van der Waals surface area contributed by atoms with E-state index < -0.39 is 0 Å². The molecule has 6 heteroatoms. The third-order valence-electron chi connectivity index (χ3n) is 4.95. The van der Waals surface area contributed by atoms with E-state index in [-0.39, 0.29) is 0 Å². The molecule has 1 aromatic rings. The third kappa shape index (κ3) is 7.94. The molecular formula is C20H34ClN5. The molecule has 1 heterocycles. The van der Waals surface area contributed by atoms with Crippen molar-refractivity contribution in [2.75, 3.05) is 59.4 Å². The van der Waals surface area contributed by atoms with Crippen LogP contribution in [-0.4, -0.2) is 75.2 Å². The van der Waals surface area contributed by atoms with Gasteiger partial charge in [0.05, 0.1) is 0 Å². The maximum absolute atomic E-state index is 5.91. The van der Waals surface area contributed by atoms with Gasteiger partial charge in [-0.2, -0.15) is 0 Å². The second kappa shape index (κ2) is 12.2. The van der Waals surface area contributed by atoms with E-state index in [1.165, 1.54) is 57.7 Å². The Morgan fingerprint density at radius 1 is 1.00 bits per heavy atom. The Bertz CT molecular complexity index is 524. The lowest BCUT2D eigenvalue weighted by atomic mass is 10.1. The first kappa shape index (κ1) is 21.0. The fourth-order valence-electron chi connectivity index (χ4n) is 3.19. The first-order valence-corrected chi connectivity index (χ1v) is 10.2. The second-order valence-electron chi connectivity index (χ2n) is 6.79. The lowest BCUT2D eigenvalue weighted by Crippen LogP contribution is -2.46. The number of unbranched alkanes of at least 4 members (excludes halogenated alkanes) is 1. The number of rotatable bonds is 9. The Balaban J connectivity index is 1.51. The highest BCUT2D eigenvalue weighted by atomic mass is 35.5. The van der Waals surface area contributed by atoms with Gasteiger partial charge < -0.3 is 20.4 Å². The average molecular weight is 380 g/mol. The van der Waals surface area contributed by atoms with Crippen LogP contribution in [0.2, 0.25) is 5.02 Å². The Labute approximate surface area is 163 Å². The highest BCUT2D eigenvalue weighted by Gasteiger charge is 2.14. The van der Waals surface area contributed by atoms with Crippen LogP contribution in [-0.2, 0) is 6.42 Å². The zero-order valence-electron chi connectivity index (χ0n) is 16.3. The molecule has 1 aliphatic heterocycles. The van der Waals surface area contributed by atoms with Crippen molar-refractivity contribution < 1.29 is 0 Å². The molecule has 0 amide bonds. The SMILES string of the molecule is CCN1CCN(CCCCNC(=NC)NCCc2ccc(Cl)cc2)CC1. The molecule has 0 aromatic heterocycles. The van der Waals surface area contributed by atoms with Crippen LogP contribution in [0, 0.1) is 0 Å². The normalized spacial score (nSPS) is 16.7. The van der Waals surface area contributed by atoms with Crippen LogP contribution in [0.15, 0.2) is 29.3 Å². The fraction of sp³-hybridized carbons (Fsp3) is 0.650. The summed E-state index contributed by atoms with van der Waals surface area (Å²) in [6.45, 7) is 11.3. The van der Waals surface area contributed by atoms with Gasteiger partial charge in [-0.1, -0.05) is 30.7 Å². The van der Waals surface area contributed by atoms with Crippen LogP contribution >= 0.6 is 11.6 Å². The molecular weight excluding hydrogens is 346 g/mol. The number of guanidine groups is 1. The molecule has 1 saturated heterocycles. The van der Waals surface area contributed by atoms with E-state index in [1.54, 1.807) is 0 Å². The van der Waals surface area contributed by atoms with Crippen molar-refractivity contribution in [2.24, 2.45) is 4.99 Å². The molecule has 146 valence electrons. The minimum absolute atomic E-state index is 0.784. The molecule has 1 aliphatic rings. The van der Waals surface area contributed by atoms with Crippen molar-refractivity contribution >= 4 is 17.6 Å². The van der Waals surface area contributed by atoms with Gasteiger partial charge in [-0.05, 0) is 50.0 Å². The van der Waals surface area contributed by atoms with Crippen molar-refractivity contribution in [1.29, 1.82) is 0 Å². The topological polar surface area (TPSA) is 42.9 Å². The summed E-state index contributed by atoms with van der Waals surface area (Å²) in [4.78, 5) is 9.41. The lowest BCUT2D eigenvalue weighted by Gasteiger charge is -2.34. The van der Waals surface area contributed by atoms with E-state index in [2.05, 4.69) is 44.5 Å². The lowest BCUT2D eigenvalue weighted by molar-refractivity contribution is 0.136. The number of hydrogen-bond acceptors (Lipinski definition) is 3. The number of aliphatic imine (C=N–C) groups is 1. The first-order valence-electron chi connectivity index (χ1n) is 9.85. The molecule has 0 atom stereocenters. The van der Waals surface area contributed by atoms with Gasteiger partial charge in [0.1, 0.15) is 0 Å². The second-order valence-corrected chi connectivity index (χ2v) is 7.22. The summed E-state index contributed by atoms with van der Waals surface area (Å²) in [6.07, 6.45) is 3.37. The number of nitrogens with one attached hydrogen (secondary N) is 2. The average Bonchev–Trinajstić information content (AvgIpc) is 2.68. The van der Waals surface area contributed by atoms with Gasteiger partial charge in [0, 0.05) is 51.3 Å². The zero-order valence-corrected chi connectivity index (χ0v) is 17.1. The van der Waals surface area contributed by atoms with Crippen LogP contribution in [0.25, 0.3) is 0 Å². The van der Waals surface area contributed by atoms with E-state index in [4.69, 9.17) is 11.6 Å². The highest BCUT2D eigenvalue weighted by molar-refractivity contribution is 6.30. The summed E-state index contributed by atoms with van der Waals surface area (Å²) < 4.78 is 0. The van der Waals surface area contributed by atoms with Crippen LogP contribution in [0.5, 0.6) is 0 Å². The zero-order chi connectivity index (χ0) is 18.6. The molecule has 0 radical (unpaired) electrons. The van der Waals surface area contributed by atoms with Gasteiger partial charge in [0.25, 0.3) is 0 Å². The Hall–Kier alpha value is -1.30. The van der Waals surface area contributed by atoms with E-state index in [0.29, 0.717) is 0 Å². The van der Waals surface area contributed by atoms with Gasteiger partial charge in [0.2, 0.25) is 0 Å².